The van der Waals surface area contributed by atoms with E-state index in [-0.39, 0.29) is 11.9 Å². The fourth-order valence-corrected chi connectivity index (χ4v) is 2.81. The molecule has 0 saturated heterocycles. The van der Waals surface area contributed by atoms with Crippen molar-refractivity contribution in [2.45, 2.75) is 19.9 Å². The first-order valence-electron chi connectivity index (χ1n) is 6.40. The Morgan fingerprint density at radius 3 is 2.80 bits per heavy atom. The number of aromatic nitrogens is 1. The van der Waals surface area contributed by atoms with E-state index in [1.165, 1.54) is 0 Å². The van der Waals surface area contributed by atoms with Crippen molar-refractivity contribution < 1.29 is 9.21 Å². The van der Waals surface area contributed by atoms with E-state index >= 15 is 0 Å². The van der Waals surface area contributed by atoms with E-state index in [0.717, 1.165) is 15.2 Å². The van der Waals surface area contributed by atoms with Crippen molar-refractivity contribution in [1.29, 1.82) is 0 Å². The lowest BCUT2D eigenvalue weighted by Crippen LogP contribution is -2.29. The molecule has 0 radical (unpaired) electrons. The standard InChI is InChI=1S/C15H14N2O2S/c1-9(2)16-14(18)11-7-8-12(19-11)15-17-10-5-3-4-6-13(10)20-15/h3-9H,1-2H3,(H,16,18). The van der Waals surface area contributed by atoms with Crippen LogP contribution in [0, 0.1) is 0 Å². The predicted molar refractivity (Wildman–Crippen MR) is 79.9 cm³/mol. The molecule has 3 aromatic rings. The van der Waals surface area contributed by atoms with Crippen molar-refractivity contribution in [1.82, 2.24) is 10.3 Å². The van der Waals surface area contributed by atoms with Gasteiger partial charge in [-0.25, -0.2) is 4.98 Å². The Labute approximate surface area is 120 Å². The number of hydrogen-bond donors (Lipinski definition) is 1. The van der Waals surface area contributed by atoms with E-state index in [1.54, 1.807) is 23.5 Å². The number of hydrogen-bond acceptors (Lipinski definition) is 4. The number of thiazole rings is 1. The molecule has 0 aliphatic rings. The average Bonchev–Trinajstić information content (AvgIpc) is 3.04. The van der Waals surface area contributed by atoms with Crippen LogP contribution >= 0.6 is 11.3 Å². The molecule has 2 aromatic heterocycles. The van der Waals surface area contributed by atoms with Gasteiger partial charge >= 0.3 is 0 Å². The third-order valence-corrected chi connectivity index (χ3v) is 3.81. The summed E-state index contributed by atoms with van der Waals surface area (Å²) in [5.74, 6) is 0.737. The minimum Gasteiger partial charge on any atom is -0.448 e. The second-order valence-corrected chi connectivity index (χ2v) is 5.81. The highest BCUT2D eigenvalue weighted by molar-refractivity contribution is 7.21. The molecule has 3 rings (SSSR count). The van der Waals surface area contributed by atoms with Crippen LogP contribution in [0.1, 0.15) is 24.4 Å². The van der Waals surface area contributed by atoms with Gasteiger partial charge in [-0.15, -0.1) is 11.3 Å². The van der Waals surface area contributed by atoms with E-state index in [1.807, 2.05) is 38.1 Å². The Morgan fingerprint density at radius 2 is 2.05 bits per heavy atom. The maximum atomic E-state index is 11.9. The minimum atomic E-state index is -0.202. The summed E-state index contributed by atoms with van der Waals surface area (Å²) in [4.78, 5) is 16.4. The molecule has 1 amide bonds. The van der Waals surface area contributed by atoms with Crippen molar-refractivity contribution in [3.8, 4) is 10.8 Å². The molecule has 0 fully saturated rings. The van der Waals surface area contributed by atoms with Crippen LogP contribution in [0.3, 0.4) is 0 Å². The highest BCUT2D eigenvalue weighted by Gasteiger charge is 2.15. The number of rotatable bonds is 3. The molecule has 0 saturated carbocycles. The minimum absolute atomic E-state index is 0.0819. The molecule has 1 aromatic carbocycles. The monoisotopic (exact) mass is 286 g/mol. The summed E-state index contributed by atoms with van der Waals surface area (Å²) in [6, 6.07) is 11.5. The zero-order valence-electron chi connectivity index (χ0n) is 11.2. The zero-order chi connectivity index (χ0) is 14.1. The van der Waals surface area contributed by atoms with Crippen LogP contribution < -0.4 is 5.32 Å². The quantitative estimate of drug-likeness (QED) is 0.798. The number of benzene rings is 1. The van der Waals surface area contributed by atoms with Gasteiger partial charge in [-0.3, -0.25) is 4.79 Å². The Morgan fingerprint density at radius 1 is 1.25 bits per heavy atom. The number of para-hydroxylation sites is 1. The van der Waals surface area contributed by atoms with Crippen LogP contribution in [0.25, 0.3) is 21.0 Å². The fraction of sp³-hybridized carbons (Fsp3) is 0.200. The Hall–Kier alpha value is -2.14. The maximum Gasteiger partial charge on any atom is 0.287 e. The lowest BCUT2D eigenvalue weighted by Gasteiger charge is -2.05. The van der Waals surface area contributed by atoms with Crippen molar-refractivity contribution in [3.63, 3.8) is 0 Å². The van der Waals surface area contributed by atoms with Gasteiger partial charge in [-0.1, -0.05) is 12.1 Å². The highest BCUT2D eigenvalue weighted by Crippen LogP contribution is 2.31. The first-order valence-corrected chi connectivity index (χ1v) is 7.22. The zero-order valence-corrected chi connectivity index (χ0v) is 12.0. The number of nitrogens with zero attached hydrogens (tertiary/aromatic N) is 1. The Balaban J connectivity index is 1.91. The molecule has 1 N–H and O–H groups in total. The third-order valence-electron chi connectivity index (χ3n) is 2.75. The number of fused-ring (bicyclic) bond motifs is 1. The second-order valence-electron chi connectivity index (χ2n) is 4.78. The summed E-state index contributed by atoms with van der Waals surface area (Å²) in [5.41, 5.74) is 0.942. The highest BCUT2D eigenvalue weighted by atomic mass is 32.1. The van der Waals surface area contributed by atoms with Gasteiger partial charge in [-0.05, 0) is 38.1 Å². The lowest BCUT2D eigenvalue weighted by atomic mass is 10.3. The molecule has 0 atom stereocenters. The topological polar surface area (TPSA) is 55.1 Å². The van der Waals surface area contributed by atoms with E-state index in [0.29, 0.717) is 11.5 Å². The van der Waals surface area contributed by atoms with E-state index in [9.17, 15) is 4.79 Å². The van der Waals surface area contributed by atoms with Gasteiger partial charge < -0.3 is 9.73 Å². The number of carbonyl (C=O) groups excluding carboxylic acids is 1. The van der Waals surface area contributed by atoms with Crippen LogP contribution in [0.5, 0.6) is 0 Å². The molecule has 0 aliphatic heterocycles. The summed E-state index contributed by atoms with van der Waals surface area (Å²) in [5, 5.41) is 3.59. The Bertz CT molecular complexity index is 725. The van der Waals surface area contributed by atoms with E-state index in [2.05, 4.69) is 10.3 Å². The van der Waals surface area contributed by atoms with Gasteiger partial charge in [-0.2, -0.15) is 0 Å². The molecule has 5 heteroatoms. The van der Waals surface area contributed by atoms with Gasteiger partial charge in [0.2, 0.25) is 0 Å². The molecule has 0 spiro atoms. The average molecular weight is 286 g/mol. The SMILES string of the molecule is CC(C)NC(=O)c1ccc(-c2nc3ccccc3s2)o1. The molecular formula is C15H14N2O2S. The first kappa shape index (κ1) is 12.9. The predicted octanol–water partition coefficient (Wildman–Crippen LogP) is 3.69. The van der Waals surface area contributed by atoms with Crippen LogP contribution in [-0.4, -0.2) is 16.9 Å². The first-order chi connectivity index (χ1) is 9.63. The summed E-state index contributed by atoms with van der Waals surface area (Å²) in [6.07, 6.45) is 0. The molecule has 2 heterocycles. The summed E-state index contributed by atoms with van der Waals surface area (Å²) >= 11 is 1.55. The van der Waals surface area contributed by atoms with Gasteiger partial charge in [0.25, 0.3) is 5.91 Å². The fourth-order valence-electron chi connectivity index (χ4n) is 1.89. The van der Waals surface area contributed by atoms with Crippen molar-refractivity contribution in [3.05, 3.63) is 42.2 Å². The number of furan rings is 1. The van der Waals surface area contributed by atoms with Gasteiger partial charge in [0.05, 0.1) is 10.2 Å². The van der Waals surface area contributed by atoms with Crippen molar-refractivity contribution >= 4 is 27.5 Å². The normalized spacial score (nSPS) is 11.2. The largest absolute Gasteiger partial charge is 0.448 e. The molecule has 0 unspecified atom stereocenters. The molecule has 0 aliphatic carbocycles. The van der Waals surface area contributed by atoms with Crippen molar-refractivity contribution in [2.75, 3.05) is 0 Å². The summed E-state index contributed by atoms with van der Waals surface area (Å²) in [7, 11) is 0. The van der Waals surface area contributed by atoms with Crippen molar-refractivity contribution in [2.24, 2.45) is 0 Å². The number of nitrogens with one attached hydrogen (secondary N) is 1. The van der Waals surface area contributed by atoms with E-state index < -0.39 is 0 Å². The Kier molecular flexibility index (Phi) is 3.28. The third kappa shape index (κ3) is 2.44. The molecule has 4 nitrogen and oxygen atoms in total. The molecular weight excluding hydrogens is 272 g/mol. The molecule has 20 heavy (non-hydrogen) atoms. The summed E-state index contributed by atoms with van der Waals surface area (Å²) < 4.78 is 6.70. The lowest BCUT2D eigenvalue weighted by molar-refractivity contribution is 0.0916. The maximum absolute atomic E-state index is 11.9. The van der Waals surface area contributed by atoms with Gasteiger partial charge in [0.15, 0.2) is 16.5 Å². The van der Waals surface area contributed by atoms with Gasteiger partial charge in [0.1, 0.15) is 0 Å². The smallest absolute Gasteiger partial charge is 0.287 e. The number of amides is 1. The summed E-state index contributed by atoms with van der Waals surface area (Å²) in [6.45, 7) is 3.82. The van der Waals surface area contributed by atoms with Crippen LogP contribution in [-0.2, 0) is 0 Å². The second kappa shape index (κ2) is 5.09. The van der Waals surface area contributed by atoms with Gasteiger partial charge in [0, 0.05) is 6.04 Å². The van der Waals surface area contributed by atoms with Crippen LogP contribution in [0.15, 0.2) is 40.8 Å². The number of carbonyl (C=O) groups is 1. The van der Waals surface area contributed by atoms with Crippen LogP contribution in [0.2, 0.25) is 0 Å². The van der Waals surface area contributed by atoms with Crippen LogP contribution in [0.4, 0.5) is 0 Å². The molecule has 0 bridgehead atoms. The van der Waals surface area contributed by atoms with E-state index in [4.69, 9.17) is 4.42 Å². The molecule has 102 valence electrons.